The van der Waals surface area contributed by atoms with E-state index in [4.69, 9.17) is 0 Å². The average Bonchev–Trinajstić information content (AvgIpc) is 2.99. The van der Waals surface area contributed by atoms with Gasteiger partial charge >= 0.3 is 5.97 Å². The number of hydrogen-bond donors (Lipinski definition) is 1. The second-order valence-corrected chi connectivity index (χ2v) is 7.58. The molecule has 138 valence electrons. The van der Waals surface area contributed by atoms with Crippen molar-refractivity contribution < 1.29 is 14.7 Å². The summed E-state index contributed by atoms with van der Waals surface area (Å²) >= 11 is 0. The molecule has 2 aliphatic rings. The predicted octanol–water partition coefficient (Wildman–Crippen LogP) is 1.23. The zero-order chi connectivity index (χ0) is 18.0. The molecule has 3 heterocycles. The molecule has 1 aromatic rings. The van der Waals surface area contributed by atoms with Crippen molar-refractivity contribution in [2.24, 2.45) is 11.8 Å². The molecule has 1 aromatic heterocycles. The van der Waals surface area contributed by atoms with Crippen LogP contribution in [0.2, 0.25) is 0 Å². The van der Waals surface area contributed by atoms with Crippen LogP contribution < -0.4 is 0 Å². The van der Waals surface area contributed by atoms with E-state index in [0.29, 0.717) is 25.3 Å². The van der Waals surface area contributed by atoms with Crippen molar-refractivity contribution in [1.29, 1.82) is 0 Å². The van der Waals surface area contributed by atoms with Crippen LogP contribution >= 0.6 is 0 Å². The molecule has 0 radical (unpaired) electrons. The van der Waals surface area contributed by atoms with E-state index in [0.717, 1.165) is 32.5 Å². The predicted molar refractivity (Wildman–Crippen MR) is 93.0 cm³/mol. The van der Waals surface area contributed by atoms with Gasteiger partial charge in [0.1, 0.15) is 6.04 Å². The lowest BCUT2D eigenvalue weighted by atomic mass is 9.90. The molecule has 7 heteroatoms. The number of carbonyl (C=O) groups is 2. The summed E-state index contributed by atoms with van der Waals surface area (Å²) in [6.07, 6.45) is 7.18. The van der Waals surface area contributed by atoms with Crippen LogP contribution in [0.4, 0.5) is 0 Å². The van der Waals surface area contributed by atoms with Crippen molar-refractivity contribution in [3.63, 3.8) is 0 Å². The maximum atomic E-state index is 12.8. The molecule has 1 amide bonds. The van der Waals surface area contributed by atoms with Crippen molar-refractivity contribution in [1.82, 2.24) is 19.6 Å². The normalized spacial score (nSPS) is 25.9. The molecule has 1 N–H and O–H groups in total. The van der Waals surface area contributed by atoms with Crippen LogP contribution in [0, 0.1) is 18.8 Å². The highest BCUT2D eigenvalue weighted by Gasteiger charge is 2.36. The fourth-order valence-electron chi connectivity index (χ4n) is 4.08. The number of rotatable bonds is 4. The average molecular weight is 348 g/mol. The van der Waals surface area contributed by atoms with Crippen molar-refractivity contribution in [3.8, 4) is 0 Å². The number of amides is 1. The Kier molecular flexibility index (Phi) is 5.42. The summed E-state index contributed by atoms with van der Waals surface area (Å²) in [5.74, 6) is -0.0909. The molecule has 2 unspecified atom stereocenters. The van der Waals surface area contributed by atoms with Crippen molar-refractivity contribution in [3.05, 3.63) is 18.0 Å². The number of nitrogens with zero attached hydrogens (tertiary/aromatic N) is 4. The Labute approximate surface area is 148 Å². The third kappa shape index (κ3) is 4.21. The highest BCUT2D eigenvalue weighted by molar-refractivity contribution is 5.80. The lowest BCUT2D eigenvalue weighted by molar-refractivity contribution is -0.148. The van der Waals surface area contributed by atoms with Gasteiger partial charge in [-0.25, -0.2) is 0 Å². The molecule has 2 fully saturated rings. The summed E-state index contributed by atoms with van der Waals surface area (Å²) in [4.78, 5) is 27.7. The summed E-state index contributed by atoms with van der Waals surface area (Å²) in [6, 6.07) is -0.452. The summed E-state index contributed by atoms with van der Waals surface area (Å²) in [5, 5.41) is 13.5. The number of hydrogen-bond acceptors (Lipinski definition) is 4. The fourth-order valence-corrected chi connectivity index (χ4v) is 4.08. The van der Waals surface area contributed by atoms with Gasteiger partial charge in [-0.15, -0.1) is 0 Å². The van der Waals surface area contributed by atoms with E-state index in [-0.39, 0.29) is 11.8 Å². The van der Waals surface area contributed by atoms with E-state index < -0.39 is 12.0 Å². The minimum atomic E-state index is -0.789. The van der Waals surface area contributed by atoms with Crippen molar-refractivity contribution in [2.45, 2.75) is 45.2 Å². The lowest BCUT2D eigenvalue weighted by Gasteiger charge is -2.38. The Hall–Kier alpha value is -1.89. The third-order valence-electron chi connectivity index (χ3n) is 5.60. The fraction of sp³-hybridized carbons (Fsp3) is 0.722. The molecule has 0 aliphatic carbocycles. The molecule has 0 saturated carbocycles. The lowest BCUT2D eigenvalue weighted by Crippen LogP contribution is -2.51. The Balaban J connectivity index is 1.48. The molecule has 25 heavy (non-hydrogen) atoms. The summed E-state index contributed by atoms with van der Waals surface area (Å²) in [5.41, 5.74) is 1.17. The van der Waals surface area contributed by atoms with Crippen LogP contribution in [0.1, 0.15) is 31.2 Å². The monoisotopic (exact) mass is 348 g/mol. The minimum absolute atomic E-state index is 0.0640. The van der Waals surface area contributed by atoms with E-state index in [2.05, 4.69) is 11.3 Å². The quantitative estimate of drug-likeness (QED) is 0.885. The summed E-state index contributed by atoms with van der Waals surface area (Å²) in [7, 11) is 1.80. The van der Waals surface area contributed by atoms with Crippen molar-refractivity contribution in [2.75, 3.05) is 26.7 Å². The van der Waals surface area contributed by atoms with E-state index in [1.807, 2.05) is 22.7 Å². The maximum Gasteiger partial charge on any atom is 0.320 e. The molecule has 2 atom stereocenters. The first kappa shape index (κ1) is 17.9. The summed E-state index contributed by atoms with van der Waals surface area (Å²) in [6.45, 7) is 5.10. The number of aromatic nitrogens is 2. The first-order valence-electron chi connectivity index (χ1n) is 9.15. The van der Waals surface area contributed by atoms with Gasteiger partial charge in [-0.05, 0) is 51.1 Å². The first-order chi connectivity index (χ1) is 11.9. The second kappa shape index (κ2) is 7.56. The first-order valence-corrected chi connectivity index (χ1v) is 9.15. The van der Waals surface area contributed by atoms with Crippen LogP contribution in [0.5, 0.6) is 0 Å². The molecule has 7 nitrogen and oxygen atoms in total. The second-order valence-electron chi connectivity index (χ2n) is 7.58. The molecule has 0 spiro atoms. The van der Waals surface area contributed by atoms with Crippen LogP contribution in [0.25, 0.3) is 0 Å². The van der Waals surface area contributed by atoms with Crippen molar-refractivity contribution >= 4 is 11.9 Å². The van der Waals surface area contributed by atoms with Gasteiger partial charge in [0.25, 0.3) is 0 Å². The van der Waals surface area contributed by atoms with Crippen LogP contribution in [-0.2, 0) is 16.1 Å². The summed E-state index contributed by atoms with van der Waals surface area (Å²) < 4.78 is 2.00. The van der Waals surface area contributed by atoms with Gasteiger partial charge in [0.15, 0.2) is 0 Å². The van der Waals surface area contributed by atoms with Gasteiger partial charge in [0.2, 0.25) is 5.91 Å². The van der Waals surface area contributed by atoms with E-state index in [1.165, 1.54) is 5.56 Å². The molecular weight excluding hydrogens is 320 g/mol. The third-order valence-corrected chi connectivity index (χ3v) is 5.60. The number of likely N-dealkylation sites (tertiary alicyclic amines) is 2. The van der Waals surface area contributed by atoms with Crippen LogP contribution in [0.15, 0.2) is 12.4 Å². The van der Waals surface area contributed by atoms with E-state index >= 15 is 0 Å². The number of carboxylic acid groups (broad SMARTS) is 1. The number of aryl methyl sites for hydroxylation is 1. The molecule has 2 aliphatic heterocycles. The molecule has 2 saturated heterocycles. The van der Waals surface area contributed by atoms with Gasteiger partial charge in [-0.2, -0.15) is 5.10 Å². The Morgan fingerprint density at radius 3 is 2.52 bits per heavy atom. The topological polar surface area (TPSA) is 78.7 Å². The van der Waals surface area contributed by atoms with Gasteiger partial charge in [-0.3, -0.25) is 19.2 Å². The van der Waals surface area contributed by atoms with Crippen LogP contribution in [0.3, 0.4) is 0 Å². The Morgan fingerprint density at radius 1 is 1.24 bits per heavy atom. The van der Waals surface area contributed by atoms with Gasteiger partial charge in [0.05, 0.1) is 12.1 Å². The number of carboxylic acids is 1. The highest BCUT2D eigenvalue weighted by atomic mass is 16.4. The van der Waals surface area contributed by atoms with Gasteiger partial charge in [-0.1, -0.05) is 0 Å². The molecule has 3 rings (SSSR count). The number of likely N-dealkylation sites (N-methyl/N-ethyl adjacent to an activating group) is 1. The molecule has 0 bridgehead atoms. The van der Waals surface area contributed by atoms with Gasteiger partial charge in [0, 0.05) is 32.4 Å². The Morgan fingerprint density at radius 2 is 1.96 bits per heavy atom. The highest BCUT2D eigenvalue weighted by Crippen LogP contribution is 2.26. The number of carbonyl (C=O) groups excluding carboxylic acids is 1. The van der Waals surface area contributed by atoms with Crippen LogP contribution in [-0.4, -0.2) is 69.3 Å². The zero-order valence-corrected chi connectivity index (χ0v) is 15.1. The number of aliphatic carboxylic acids is 1. The zero-order valence-electron chi connectivity index (χ0n) is 15.1. The van der Waals surface area contributed by atoms with Gasteiger partial charge < -0.3 is 10.0 Å². The standard InChI is InChI=1S/C18H28N4O3/c1-13-9-19-22(10-13)11-14-5-7-21(8-6-14)17(23)15-3-4-16(18(24)25)20(2)12-15/h9-10,14-16H,3-8,11-12H2,1-2H3,(H,24,25). The van der Waals surface area contributed by atoms with E-state index in [1.54, 1.807) is 11.9 Å². The number of piperidine rings is 2. The largest absolute Gasteiger partial charge is 0.480 e. The maximum absolute atomic E-state index is 12.8. The minimum Gasteiger partial charge on any atom is -0.480 e. The SMILES string of the molecule is Cc1cnn(CC2CCN(C(=O)C3CCC(C(=O)O)N(C)C3)CC2)c1. The molecular formula is C18H28N4O3. The smallest absolute Gasteiger partial charge is 0.320 e. The van der Waals surface area contributed by atoms with E-state index in [9.17, 15) is 14.7 Å². The molecule has 0 aromatic carbocycles. The Bertz CT molecular complexity index is 622.